The lowest BCUT2D eigenvalue weighted by atomic mass is 10.1. The lowest BCUT2D eigenvalue weighted by Crippen LogP contribution is -2.28. The summed E-state index contributed by atoms with van der Waals surface area (Å²) in [5.41, 5.74) is -0.446. The normalized spacial score (nSPS) is 18.1. The first-order chi connectivity index (χ1) is 8.07. The van der Waals surface area contributed by atoms with Gasteiger partial charge in [-0.15, -0.1) is 0 Å². The van der Waals surface area contributed by atoms with Crippen molar-refractivity contribution in [2.75, 3.05) is 18.5 Å². The molecule has 0 saturated carbocycles. The second kappa shape index (κ2) is 4.96. The maximum atomic E-state index is 12.7. The molecule has 0 amide bonds. The van der Waals surface area contributed by atoms with Crippen LogP contribution < -0.4 is 5.32 Å². The lowest BCUT2D eigenvalue weighted by molar-refractivity contribution is -0.137. The van der Waals surface area contributed by atoms with E-state index in [1.807, 2.05) is 0 Å². The zero-order valence-electron chi connectivity index (χ0n) is 9.26. The summed E-state index contributed by atoms with van der Waals surface area (Å²) < 4.78 is 43.4. The number of alkyl halides is 3. The minimum absolute atomic E-state index is 0.0623. The Hall–Kier alpha value is -1.23. The molecule has 1 N–H and O–H groups in total. The van der Waals surface area contributed by atoms with Gasteiger partial charge in [0.15, 0.2) is 0 Å². The van der Waals surface area contributed by atoms with Gasteiger partial charge in [-0.3, -0.25) is 0 Å². The number of rotatable bonds is 2. The Morgan fingerprint density at radius 1 is 1.12 bits per heavy atom. The highest BCUT2D eigenvalue weighted by Gasteiger charge is 2.33. The van der Waals surface area contributed by atoms with Crippen LogP contribution >= 0.6 is 0 Å². The van der Waals surface area contributed by atoms with Gasteiger partial charge in [0.1, 0.15) is 0 Å². The third-order valence-corrected chi connectivity index (χ3v) is 2.81. The molecule has 1 aliphatic rings. The quantitative estimate of drug-likeness (QED) is 0.863. The van der Waals surface area contributed by atoms with Crippen LogP contribution in [0.5, 0.6) is 0 Å². The molecule has 0 bridgehead atoms. The van der Waals surface area contributed by atoms with Crippen molar-refractivity contribution in [1.29, 1.82) is 0 Å². The molecule has 0 spiro atoms. The molecule has 0 atom stereocenters. The van der Waals surface area contributed by atoms with Crippen LogP contribution in [0.15, 0.2) is 24.3 Å². The molecule has 17 heavy (non-hydrogen) atoms. The minimum atomic E-state index is -4.31. The summed E-state index contributed by atoms with van der Waals surface area (Å²) in [6.07, 6.45) is -2.83. The standard InChI is InChI=1S/C12H14F3NO/c13-12(14,15)10-3-1-2-4-11(10)16-9-5-7-17-8-6-9/h1-4,9,16H,5-8H2. The van der Waals surface area contributed by atoms with Gasteiger partial charge in [-0.2, -0.15) is 13.2 Å². The van der Waals surface area contributed by atoms with Gasteiger partial charge in [-0.25, -0.2) is 0 Å². The van der Waals surface area contributed by atoms with E-state index in [9.17, 15) is 13.2 Å². The molecule has 1 aromatic carbocycles. The van der Waals surface area contributed by atoms with E-state index in [0.717, 1.165) is 18.9 Å². The smallest absolute Gasteiger partial charge is 0.382 e. The minimum Gasteiger partial charge on any atom is -0.382 e. The third kappa shape index (κ3) is 3.12. The molecular weight excluding hydrogens is 231 g/mol. The van der Waals surface area contributed by atoms with Gasteiger partial charge in [0.2, 0.25) is 0 Å². The van der Waals surface area contributed by atoms with Crippen molar-refractivity contribution < 1.29 is 17.9 Å². The highest BCUT2D eigenvalue weighted by atomic mass is 19.4. The van der Waals surface area contributed by atoms with Crippen molar-refractivity contribution in [1.82, 2.24) is 0 Å². The Kier molecular flexibility index (Phi) is 3.57. The number of hydrogen-bond donors (Lipinski definition) is 1. The van der Waals surface area contributed by atoms with Crippen LogP contribution in [0.4, 0.5) is 18.9 Å². The fourth-order valence-corrected chi connectivity index (χ4v) is 1.92. The fraction of sp³-hybridized carbons (Fsp3) is 0.500. The number of ether oxygens (including phenoxy) is 1. The molecule has 94 valence electrons. The Labute approximate surface area is 97.8 Å². The summed E-state index contributed by atoms with van der Waals surface area (Å²) in [6.45, 7) is 1.21. The SMILES string of the molecule is FC(F)(F)c1ccccc1NC1CCOCC1. The van der Waals surface area contributed by atoms with Crippen molar-refractivity contribution in [3.05, 3.63) is 29.8 Å². The van der Waals surface area contributed by atoms with Gasteiger partial charge in [0, 0.05) is 24.9 Å². The molecule has 1 aliphatic heterocycles. The van der Waals surface area contributed by atoms with Crippen molar-refractivity contribution >= 4 is 5.69 Å². The second-order valence-corrected chi connectivity index (χ2v) is 4.07. The number of benzene rings is 1. The van der Waals surface area contributed by atoms with Crippen molar-refractivity contribution in [3.63, 3.8) is 0 Å². The highest BCUT2D eigenvalue weighted by Crippen LogP contribution is 2.35. The predicted molar refractivity (Wildman–Crippen MR) is 58.9 cm³/mol. The van der Waals surface area contributed by atoms with E-state index in [2.05, 4.69) is 5.32 Å². The van der Waals surface area contributed by atoms with E-state index in [1.165, 1.54) is 12.1 Å². The van der Waals surface area contributed by atoms with Crippen LogP contribution in [0.25, 0.3) is 0 Å². The van der Waals surface area contributed by atoms with E-state index < -0.39 is 11.7 Å². The van der Waals surface area contributed by atoms with Crippen LogP contribution in [0.2, 0.25) is 0 Å². The topological polar surface area (TPSA) is 21.3 Å². The molecule has 5 heteroatoms. The molecule has 1 saturated heterocycles. The zero-order chi connectivity index (χ0) is 12.3. The molecule has 0 radical (unpaired) electrons. The number of anilines is 1. The van der Waals surface area contributed by atoms with Crippen molar-refractivity contribution in [2.45, 2.75) is 25.1 Å². The molecule has 2 rings (SSSR count). The monoisotopic (exact) mass is 245 g/mol. The van der Waals surface area contributed by atoms with Gasteiger partial charge in [-0.05, 0) is 25.0 Å². The second-order valence-electron chi connectivity index (χ2n) is 4.07. The number of hydrogen-bond acceptors (Lipinski definition) is 2. The average Bonchev–Trinajstić information content (AvgIpc) is 2.30. The molecular formula is C12H14F3NO. The number of nitrogens with one attached hydrogen (secondary N) is 1. The Balaban J connectivity index is 2.14. The molecule has 0 aromatic heterocycles. The first-order valence-electron chi connectivity index (χ1n) is 5.58. The van der Waals surface area contributed by atoms with E-state index >= 15 is 0 Å². The van der Waals surface area contributed by atoms with Gasteiger partial charge in [0.25, 0.3) is 0 Å². The van der Waals surface area contributed by atoms with Crippen LogP contribution in [-0.2, 0) is 10.9 Å². The first kappa shape index (κ1) is 12.2. The van der Waals surface area contributed by atoms with Crippen LogP contribution in [-0.4, -0.2) is 19.3 Å². The summed E-state index contributed by atoms with van der Waals surface area (Å²) in [7, 11) is 0. The van der Waals surface area contributed by atoms with E-state index in [4.69, 9.17) is 4.74 Å². The van der Waals surface area contributed by atoms with Crippen LogP contribution in [0, 0.1) is 0 Å². The molecule has 1 aromatic rings. The Bertz CT molecular complexity index is 372. The summed E-state index contributed by atoms with van der Waals surface area (Å²) in [4.78, 5) is 0. The van der Waals surface area contributed by atoms with E-state index in [-0.39, 0.29) is 11.7 Å². The molecule has 0 unspecified atom stereocenters. The van der Waals surface area contributed by atoms with Crippen molar-refractivity contribution in [2.24, 2.45) is 0 Å². The van der Waals surface area contributed by atoms with Crippen LogP contribution in [0.3, 0.4) is 0 Å². The van der Waals surface area contributed by atoms with Crippen molar-refractivity contribution in [3.8, 4) is 0 Å². The van der Waals surface area contributed by atoms with Gasteiger partial charge >= 0.3 is 6.18 Å². The van der Waals surface area contributed by atoms with E-state index in [0.29, 0.717) is 13.2 Å². The first-order valence-corrected chi connectivity index (χ1v) is 5.58. The van der Waals surface area contributed by atoms with Gasteiger partial charge in [0.05, 0.1) is 5.56 Å². The summed E-state index contributed by atoms with van der Waals surface area (Å²) in [5.74, 6) is 0. The summed E-state index contributed by atoms with van der Waals surface area (Å²) in [5, 5.41) is 2.96. The molecule has 1 heterocycles. The Morgan fingerprint density at radius 2 is 1.76 bits per heavy atom. The van der Waals surface area contributed by atoms with Gasteiger partial charge in [-0.1, -0.05) is 12.1 Å². The number of para-hydroxylation sites is 1. The highest BCUT2D eigenvalue weighted by molar-refractivity contribution is 5.53. The third-order valence-electron chi connectivity index (χ3n) is 2.81. The predicted octanol–water partition coefficient (Wildman–Crippen LogP) is 3.30. The summed E-state index contributed by atoms with van der Waals surface area (Å²) >= 11 is 0. The summed E-state index contributed by atoms with van der Waals surface area (Å²) in [6, 6.07) is 5.64. The fourth-order valence-electron chi connectivity index (χ4n) is 1.92. The van der Waals surface area contributed by atoms with Crippen LogP contribution in [0.1, 0.15) is 18.4 Å². The lowest BCUT2D eigenvalue weighted by Gasteiger charge is -2.25. The average molecular weight is 245 g/mol. The Morgan fingerprint density at radius 3 is 2.41 bits per heavy atom. The van der Waals surface area contributed by atoms with E-state index in [1.54, 1.807) is 6.07 Å². The van der Waals surface area contributed by atoms with Gasteiger partial charge < -0.3 is 10.1 Å². The zero-order valence-corrected chi connectivity index (χ0v) is 9.26. The molecule has 1 fully saturated rings. The maximum Gasteiger partial charge on any atom is 0.418 e. The maximum absolute atomic E-state index is 12.7. The molecule has 2 nitrogen and oxygen atoms in total. The number of halogens is 3. The molecule has 0 aliphatic carbocycles. The largest absolute Gasteiger partial charge is 0.418 e.